The highest BCUT2D eigenvalue weighted by molar-refractivity contribution is 7.91. The van der Waals surface area contributed by atoms with Gasteiger partial charge in [-0.1, -0.05) is 23.8 Å². The molecule has 146 valence electrons. The van der Waals surface area contributed by atoms with Crippen molar-refractivity contribution in [3.63, 3.8) is 0 Å². The summed E-state index contributed by atoms with van der Waals surface area (Å²) in [6.45, 7) is 5.24. The summed E-state index contributed by atoms with van der Waals surface area (Å²) in [5, 5.41) is 18.8. The normalized spacial score (nSPS) is 27.4. The fourth-order valence-corrected chi connectivity index (χ4v) is 5.10. The molecule has 0 saturated carbocycles. The van der Waals surface area contributed by atoms with Gasteiger partial charge < -0.3 is 19.7 Å². The van der Waals surface area contributed by atoms with Crippen molar-refractivity contribution in [3.8, 4) is 0 Å². The molecule has 1 aliphatic heterocycles. The van der Waals surface area contributed by atoms with Gasteiger partial charge in [-0.05, 0) is 25.5 Å². The number of ether oxygens (including phenoxy) is 2. The molecule has 26 heavy (non-hydrogen) atoms. The van der Waals surface area contributed by atoms with Crippen LogP contribution in [-0.4, -0.2) is 62.5 Å². The van der Waals surface area contributed by atoms with Gasteiger partial charge in [0, 0.05) is 19.4 Å². The molecule has 0 aromatic heterocycles. The average Bonchev–Trinajstić information content (AvgIpc) is 2.91. The van der Waals surface area contributed by atoms with Crippen molar-refractivity contribution in [2.24, 2.45) is 5.92 Å². The van der Waals surface area contributed by atoms with Crippen molar-refractivity contribution in [1.82, 2.24) is 0 Å². The van der Waals surface area contributed by atoms with E-state index < -0.39 is 28.1 Å². The van der Waals surface area contributed by atoms with E-state index in [-0.39, 0.29) is 35.7 Å². The predicted octanol–water partition coefficient (Wildman–Crippen LogP) is 1.49. The molecule has 0 amide bonds. The van der Waals surface area contributed by atoms with Crippen molar-refractivity contribution in [2.45, 2.75) is 49.1 Å². The maximum atomic E-state index is 12.9. The Hall–Kier alpha value is -1.25. The first-order valence-corrected chi connectivity index (χ1v) is 10.3. The topological polar surface area (TPSA) is 93.1 Å². The molecule has 1 aliphatic rings. The summed E-state index contributed by atoms with van der Waals surface area (Å²) in [4.78, 5) is 0.272. The zero-order valence-electron chi connectivity index (χ0n) is 15.2. The van der Waals surface area contributed by atoms with Crippen LogP contribution >= 0.6 is 0 Å². The van der Waals surface area contributed by atoms with E-state index in [0.717, 1.165) is 5.56 Å². The molecule has 7 heteroatoms. The second kappa shape index (κ2) is 9.10. The number of sulfone groups is 1. The molecular formula is C19H28O6S. The van der Waals surface area contributed by atoms with Gasteiger partial charge in [-0.15, -0.1) is 6.58 Å². The number of methoxy groups -OCH3 is 1. The third-order valence-electron chi connectivity index (χ3n) is 4.79. The monoisotopic (exact) mass is 384 g/mol. The Morgan fingerprint density at radius 1 is 1.31 bits per heavy atom. The first kappa shape index (κ1) is 21.1. The Morgan fingerprint density at radius 2 is 1.96 bits per heavy atom. The lowest BCUT2D eigenvalue weighted by molar-refractivity contribution is -0.0394. The Kier molecular flexibility index (Phi) is 7.37. The predicted molar refractivity (Wildman–Crippen MR) is 98.7 cm³/mol. The standard InChI is InChI=1S/C19H28O6S/c1-4-5-17-16(19(24-3)18(25-17)10-14(21)11-20)12-26(22,23)15-8-6-13(2)7-9-15/h4,6-9,14,16-21H,1,5,10-12H2,2-3H3/t14?,16-,17-,18+,19+/m0/s1. The Labute approximate surface area is 155 Å². The zero-order valence-corrected chi connectivity index (χ0v) is 16.1. The van der Waals surface area contributed by atoms with Crippen molar-refractivity contribution in [2.75, 3.05) is 19.5 Å². The number of rotatable bonds is 9. The van der Waals surface area contributed by atoms with Crippen molar-refractivity contribution < 1.29 is 28.1 Å². The summed E-state index contributed by atoms with van der Waals surface area (Å²) < 4.78 is 37.2. The van der Waals surface area contributed by atoms with Crippen molar-refractivity contribution >= 4 is 9.84 Å². The second-order valence-corrected chi connectivity index (χ2v) is 8.80. The van der Waals surface area contributed by atoms with Crippen LogP contribution in [0.25, 0.3) is 0 Å². The van der Waals surface area contributed by atoms with Gasteiger partial charge in [-0.25, -0.2) is 8.42 Å². The molecule has 0 bridgehead atoms. The summed E-state index contributed by atoms with van der Waals surface area (Å²) >= 11 is 0. The highest BCUT2D eigenvalue weighted by atomic mass is 32.2. The van der Waals surface area contributed by atoms with Gasteiger partial charge in [0.05, 0.1) is 41.7 Å². The minimum absolute atomic E-state index is 0.112. The van der Waals surface area contributed by atoms with E-state index in [9.17, 15) is 13.5 Å². The minimum Gasteiger partial charge on any atom is -0.394 e. The Balaban J connectivity index is 2.24. The fourth-order valence-electron chi connectivity index (χ4n) is 3.44. The Bertz CT molecular complexity index is 684. The maximum Gasteiger partial charge on any atom is 0.178 e. The highest BCUT2D eigenvalue weighted by Gasteiger charge is 2.46. The van der Waals surface area contributed by atoms with Gasteiger partial charge in [0.25, 0.3) is 0 Å². The molecule has 1 aromatic carbocycles. The van der Waals surface area contributed by atoms with Gasteiger partial charge in [0.1, 0.15) is 0 Å². The maximum absolute atomic E-state index is 12.9. The lowest BCUT2D eigenvalue weighted by atomic mass is 9.94. The smallest absolute Gasteiger partial charge is 0.178 e. The highest BCUT2D eigenvalue weighted by Crippen LogP contribution is 2.35. The van der Waals surface area contributed by atoms with Crippen LogP contribution in [0.1, 0.15) is 18.4 Å². The lowest BCUT2D eigenvalue weighted by Crippen LogP contribution is -2.36. The van der Waals surface area contributed by atoms with E-state index >= 15 is 0 Å². The van der Waals surface area contributed by atoms with Crippen LogP contribution in [0.4, 0.5) is 0 Å². The number of hydrogen-bond donors (Lipinski definition) is 2. The van der Waals surface area contributed by atoms with Crippen LogP contribution in [0.15, 0.2) is 41.8 Å². The third kappa shape index (κ3) is 4.92. The number of aryl methyl sites for hydroxylation is 1. The van der Waals surface area contributed by atoms with Gasteiger partial charge >= 0.3 is 0 Å². The molecule has 0 aliphatic carbocycles. The molecule has 5 atom stereocenters. The number of aliphatic hydroxyl groups is 2. The number of benzene rings is 1. The van der Waals surface area contributed by atoms with Crippen molar-refractivity contribution in [3.05, 3.63) is 42.5 Å². The first-order valence-electron chi connectivity index (χ1n) is 8.70. The second-order valence-electron chi connectivity index (χ2n) is 6.77. The molecule has 1 fully saturated rings. The minimum atomic E-state index is -3.52. The molecular weight excluding hydrogens is 356 g/mol. The van der Waals surface area contributed by atoms with Crippen LogP contribution in [0.3, 0.4) is 0 Å². The summed E-state index contributed by atoms with van der Waals surface area (Å²) in [7, 11) is -2.01. The molecule has 0 radical (unpaired) electrons. The number of hydrogen-bond acceptors (Lipinski definition) is 6. The molecule has 1 unspecified atom stereocenters. The van der Waals surface area contributed by atoms with Crippen molar-refractivity contribution in [1.29, 1.82) is 0 Å². The molecule has 1 heterocycles. The molecule has 2 N–H and O–H groups in total. The quantitative estimate of drug-likeness (QED) is 0.627. The molecule has 0 spiro atoms. The van der Waals surface area contributed by atoms with Crippen LogP contribution in [-0.2, 0) is 19.3 Å². The van der Waals surface area contributed by atoms with E-state index in [1.54, 1.807) is 30.3 Å². The Morgan fingerprint density at radius 3 is 2.50 bits per heavy atom. The first-order chi connectivity index (χ1) is 12.3. The van der Waals surface area contributed by atoms with Crippen LogP contribution in [0.5, 0.6) is 0 Å². The average molecular weight is 384 g/mol. The molecule has 2 rings (SSSR count). The van der Waals surface area contributed by atoms with Gasteiger partial charge in [-0.3, -0.25) is 0 Å². The summed E-state index contributed by atoms with van der Waals surface area (Å²) in [5.74, 6) is -0.501. The summed E-state index contributed by atoms with van der Waals surface area (Å²) in [6, 6.07) is 6.76. The summed E-state index contributed by atoms with van der Waals surface area (Å²) in [5.41, 5.74) is 0.991. The third-order valence-corrected chi connectivity index (χ3v) is 6.61. The van der Waals surface area contributed by atoms with E-state index in [4.69, 9.17) is 14.6 Å². The lowest BCUT2D eigenvalue weighted by Gasteiger charge is -2.23. The van der Waals surface area contributed by atoms with E-state index in [1.165, 1.54) is 7.11 Å². The largest absolute Gasteiger partial charge is 0.394 e. The molecule has 1 saturated heterocycles. The molecule has 1 aromatic rings. The molecule has 6 nitrogen and oxygen atoms in total. The van der Waals surface area contributed by atoms with Crippen LogP contribution in [0, 0.1) is 12.8 Å². The van der Waals surface area contributed by atoms with Crippen LogP contribution in [0.2, 0.25) is 0 Å². The van der Waals surface area contributed by atoms with E-state index in [0.29, 0.717) is 6.42 Å². The van der Waals surface area contributed by atoms with E-state index in [1.807, 2.05) is 6.92 Å². The summed E-state index contributed by atoms with van der Waals surface area (Å²) in [6.07, 6.45) is 0.0895. The zero-order chi connectivity index (χ0) is 19.3. The SMILES string of the molecule is C=CC[C@@H]1O[C@H](CC(O)CO)[C@H](OC)[C@H]1CS(=O)(=O)c1ccc(C)cc1. The van der Waals surface area contributed by atoms with Crippen LogP contribution < -0.4 is 0 Å². The van der Waals surface area contributed by atoms with E-state index in [2.05, 4.69) is 6.58 Å². The number of aliphatic hydroxyl groups excluding tert-OH is 2. The van der Waals surface area contributed by atoms with Gasteiger partial charge in [0.2, 0.25) is 0 Å². The fraction of sp³-hybridized carbons (Fsp3) is 0.579. The van der Waals surface area contributed by atoms with Gasteiger partial charge in [0.15, 0.2) is 9.84 Å². The van der Waals surface area contributed by atoms with Gasteiger partial charge in [-0.2, -0.15) is 0 Å².